The van der Waals surface area contributed by atoms with Crippen molar-refractivity contribution in [2.45, 2.75) is 44.8 Å². The van der Waals surface area contributed by atoms with Gasteiger partial charge in [-0.25, -0.2) is 4.79 Å². The highest BCUT2D eigenvalue weighted by Crippen LogP contribution is 2.46. The highest BCUT2D eigenvalue weighted by Gasteiger charge is 2.48. The number of hydrogen-bond acceptors (Lipinski definition) is 4. The molecule has 26 heavy (non-hydrogen) atoms. The van der Waals surface area contributed by atoms with E-state index in [1.165, 1.54) is 4.90 Å². The van der Waals surface area contributed by atoms with Crippen molar-refractivity contribution in [3.8, 4) is 6.07 Å². The maximum atomic E-state index is 12.7. The van der Waals surface area contributed by atoms with Gasteiger partial charge in [0, 0.05) is 24.1 Å². The van der Waals surface area contributed by atoms with Gasteiger partial charge in [0.2, 0.25) is 0 Å². The molecule has 1 aromatic rings. The summed E-state index contributed by atoms with van der Waals surface area (Å²) in [5.41, 5.74) is 3.02. The number of nitriles is 1. The Bertz CT molecular complexity index is 799. The second kappa shape index (κ2) is 6.60. The molecule has 0 saturated carbocycles. The fraction of sp³-hybridized carbons (Fsp3) is 0.526. The molecule has 0 aromatic heterocycles. The van der Waals surface area contributed by atoms with Gasteiger partial charge in [0.05, 0.1) is 11.6 Å². The van der Waals surface area contributed by atoms with Crippen LogP contribution in [0.5, 0.6) is 0 Å². The molecule has 2 aliphatic rings. The molecule has 7 heteroatoms. The van der Waals surface area contributed by atoms with Crippen molar-refractivity contribution < 1.29 is 14.5 Å². The molecular weight excluding hydrogens is 350 g/mol. The van der Waals surface area contributed by atoms with Crippen molar-refractivity contribution in [2.24, 2.45) is 9.81 Å². The van der Waals surface area contributed by atoms with E-state index in [9.17, 15) is 19.7 Å². The summed E-state index contributed by atoms with van der Waals surface area (Å²) in [7, 11) is 0. The molecule has 1 amide bonds. The van der Waals surface area contributed by atoms with E-state index in [4.69, 9.17) is 0 Å². The van der Waals surface area contributed by atoms with Crippen molar-refractivity contribution in [1.82, 2.24) is 4.90 Å². The van der Waals surface area contributed by atoms with Gasteiger partial charge in [0.25, 0.3) is 0 Å². The van der Waals surface area contributed by atoms with E-state index in [-0.39, 0.29) is 5.41 Å². The van der Waals surface area contributed by atoms with Crippen LogP contribution in [0.2, 0.25) is 0 Å². The fourth-order valence-corrected chi connectivity index (χ4v) is 4.39. The zero-order valence-corrected chi connectivity index (χ0v) is 16.1. The lowest BCUT2D eigenvalue weighted by molar-refractivity contribution is 0.115. The third kappa shape index (κ3) is 3.31. The number of fused-ring (bicyclic) bond motifs is 1. The SMILES string of the molecule is CC(C)(C)[S+]([O-])/N=C1\c2cc(C#N)ccc2CC12CCN(C(=O)O)CC2. The Morgan fingerprint density at radius 1 is 1.38 bits per heavy atom. The first-order valence-corrected chi connectivity index (χ1v) is 9.79. The molecular formula is C19H23N3O3S. The lowest BCUT2D eigenvalue weighted by Gasteiger charge is -2.38. The van der Waals surface area contributed by atoms with Gasteiger partial charge in [0.15, 0.2) is 0 Å². The standard InChI is InChI=1S/C19H23N3O3S/c1-18(2,3)26(25)21-16-15-10-13(12-20)4-5-14(15)11-19(16)6-8-22(9-7-19)17(23)24/h4-5,10H,6-9,11H2,1-3H3,(H,23,24)/b21-16+. The fourth-order valence-electron chi connectivity index (χ4n) is 3.66. The van der Waals surface area contributed by atoms with E-state index in [1.54, 1.807) is 6.07 Å². The zero-order chi connectivity index (χ0) is 19.1. The number of hydrogen-bond donors (Lipinski definition) is 1. The normalized spacial score (nSPS) is 21.5. The van der Waals surface area contributed by atoms with Gasteiger partial charge in [-0.15, -0.1) is 0 Å². The third-order valence-electron chi connectivity index (χ3n) is 5.21. The number of rotatable bonds is 1. The van der Waals surface area contributed by atoms with Crippen molar-refractivity contribution >= 4 is 23.2 Å². The summed E-state index contributed by atoms with van der Waals surface area (Å²) >= 11 is -1.41. The maximum absolute atomic E-state index is 12.7. The smallest absolute Gasteiger partial charge is 0.407 e. The number of nitrogens with zero attached hydrogens (tertiary/aromatic N) is 3. The minimum absolute atomic E-state index is 0.302. The first kappa shape index (κ1) is 18.7. The number of carboxylic acid groups (broad SMARTS) is 1. The molecule has 0 bridgehead atoms. The maximum Gasteiger partial charge on any atom is 0.407 e. The molecule has 6 nitrogen and oxygen atoms in total. The highest BCUT2D eigenvalue weighted by atomic mass is 32.2. The summed E-state index contributed by atoms with van der Waals surface area (Å²) in [6, 6.07) is 7.72. The van der Waals surface area contributed by atoms with Crippen LogP contribution in [0.25, 0.3) is 0 Å². The topological polar surface area (TPSA) is 99.8 Å². The van der Waals surface area contributed by atoms with Gasteiger partial charge in [0.1, 0.15) is 21.8 Å². The van der Waals surface area contributed by atoms with Crippen molar-refractivity contribution in [1.29, 1.82) is 5.26 Å². The number of likely N-dealkylation sites (tertiary alicyclic amines) is 1. The molecule has 138 valence electrons. The van der Waals surface area contributed by atoms with Crippen LogP contribution in [-0.2, 0) is 17.8 Å². The molecule has 1 fully saturated rings. The van der Waals surface area contributed by atoms with Gasteiger partial charge in [-0.05, 0) is 57.7 Å². The summed E-state index contributed by atoms with van der Waals surface area (Å²) < 4.78 is 16.9. The van der Waals surface area contributed by atoms with E-state index >= 15 is 0 Å². The molecule has 1 aromatic carbocycles. The van der Waals surface area contributed by atoms with Crippen LogP contribution in [0, 0.1) is 16.7 Å². The van der Waals surface area contributed by atoms with Crippen LogP contribution in [0.4, 0.5) is 4.79 Å². The number of carbonyl (C=O) groups is 1. The van der Waals surface area contributed by atoms with E-state index in [1.807, 2.05) is 32.9 Å². The van der Waals surface area contributed by atoms with E-state index in [0.29, 0.717) is 31.5 Å². The van der Waals surface area contributed by atoms with Crippen LogP contribution in [0.1, 0.15) is 50.3 Å². The van der Waals surface area contributed by atoms with E-state index in [2.05, 4.69) is 10.5 Å². The average molecular weight is 373 g/mol. The van der Waals surface area contributed by atoms with Crippen molar-refractivity contribution in [3.63, 3.8) is 0 Å². The predicted molar refractivity (Wildman–Crippen MR) is 101 cm³/mol. The molecule has 1 heterocycles. The van der Waals surface area contributed by atoms with E-state index < -0.39 is 22.2 Å². The second-order valence-electron chi connectivity index (χ2n) is 8.01. The molecule has 3 rings (SSSR count). The first-order valence-electron chi connectivity index (χ1n) is 8.69. The molecule has 1 spiro atoms. The Labute approximate surface area is 156 Å². The minimum atomic E-state index is -1.41. The molecule has 1 aliphatic carbocycles. The molecule has 1 saturated heterocycles. The Kier molecular flexibility index (Phi) is 4.76. The molecule has 1 unspecified atom stereocenters. The second-order valence-corrected chi connectivity index (χ2v) is 9.92. The molecule has 0 radical (unpaired) electrons. The molecule has 1 aliphatic heterocycles. The summed E-state index contributed by atoms with van der Waals surface area (Å²) in [6.45, 7) is 6.53. The highest BCUT2D eigenvalue weighted by molar-refractivity contribution is 7.91. The lowest BCUT2D eigenvalue weighted by atomic mass is 9.74. The minimum Gasteiger partial charge on any atom is -0.591 e. The average Bonchev–Trinajstić information content (AvgIpc) is 2.87. The van der Waals surface area contributed by atoms with Crippen molar-refractivity contribution in [3.05, 3.63) is 34.9 Å². The van der Waals surface area contributed by atoms with Crippen LogP contribution in [0.15, 0.2) is 22.6 Å². The van der Waals surface area contributed by atoms with Crippen molar-refractivity contribution in [2.75, 3.05) is 13.1 Å². The largest absolute Gasteiger partial charge is 0.591 e. The first-order chi connectivity index (χ1) is 12.2. The Morgan fingerprint density at radius 3 is 2.58 bits per heavy atom. The van der Waals surface area contributed by atoms with Gasteiger partial charge in [-0.1, -0.05) is 10.5 Å². The Balaban J connectivity index is 2.04. The van der Waals surface area contributed by atoms with Gasteiger partial charge >= 0.3 is 6.09 Å². The summed E-state index contributed by atoms with van der Waals surface area (Å²) in [5, 5.41) is 18.5. The predicted octanol–water partition coefficient (Wildman–Crippen LogP) is 3.13. The third-order valence-corrected chi connectivity index (χ3v) is 6.61. The lowest BCUT2D eigenvalue weighted by Crippen LogP contribution is -2.45. The monoisotopic (exact) mass is 373 g/mol. The van der Waals surface area contributed by atoms with E-state index in [0.717, 1.165) is 23.3 Å². The summed E-state index contributed by atoms with van der Waals surface area (Å²) in [4.78, 5) is 12.7. The van der Waals surface area contributed by atoms with Crippen LogP contribution in [-0.4, -0.2) is 44.2 Å². The summed E-state index contributed by atoms with van der Waals surface area (Å²) in [6.07, 6.45) is 1.15. The number of amides is 1. The quantitative estimate of drug-likeness (QED) is 0.764. The van der Waals surface area contributed by atoms with Gasteiger partial charge in [-0.2, -0.15) is 5.26 Å². The zero-order valence-electron chi connectivity index (χ0n) is 15.3. The van der Waals surface area contributed by atoms with Crippen LogP contribution in [0.3, 0.4) is 0 Å². The number of benzene rings is 1. The van der Waals surface area contributed by atoms with Gasteiger partial charge < -0.3 is 14.6 Å². The number of piperidine rings is 1. The summed E-state index contributed by atoms with van der Waals surface area (Å²) in [5.74, 6) is 0. The van der Waals surface area contributed by atoms with Crippen LogP contribution < -0.4 is 0 Å². The van der Waals surface area contributed by atoms with Crippen LogP contribution >= 0.6 is 0 Å². The van der Waals surface area contributed by atoms with Gasteiger partial charge in [-0.3, -0.25) is 0 Å². The Morgan fingerprint density at radius 2 is 2.04 bits per heavy atom. The molecule has 1 atom stereocenters. The molecule has 1 N–H and O–H groups in total. The Hall–Kier alpha value is -2.04.